The fourth-order valence-electron chi connectivity index (χ4n) is 1.55. The zero-order valence-corrected chi connectivity index (χ0v) is 9.26. The lowest BCUT2D eigenvalue weighted by molar-refractivity contribution is -0.139. The van der Waals surface area contributed by atoms with Gasteiger partial charge in [-0.25, -0.2) is 0 Å². The fourth-order valence-corrected chi connectivity index (χ4v) is 1.55. The molecule has 1 aliphatic rings. The molecule has 16 heavy (non-hydrogen) atoms. The topological polar surface area (TPSA) is 59.3 Å². The van der Waals surface area contributed by atoms with Gasteiger partial charge in [-0.05, 0) is 12.5 Å². The van der Waals surface area contributed by atoms with E-state index in [1.54, 1.807) is 18.2 Å². The van der Waals surface area contributed by atoms with E-state index < -0.39 is 0 Å². The molecule has 0 aromatic carbocycles. The van der Waals surface area contributed by atoms with Gasteiger partial charge in [-0.1, -0.05) is 12.2 Å². The van der Waals surface area contributed by atoms with Gasteiger partial charge in [0.25, 0.3) is 0 Å². The summed E-state index contributed by atoms with van der Waals surface area (Å²) in [6.07, 6.45) is 5.53. The third-order valence-electron chi connectivity index (χ3n) is 2.35. The predicted octanol–water partition coefficient (Wildman–Crippen LogP) is 1.59. The van der Waals surface area contributed by atoms with Gasteiger partial charge >= 0.3 is 5.97 Å². The van der Waals surface area contributed by atoms with Gasteiger partial charge in [0.05, 0.1) is 24.2 Å². The minimum atomic E-state index is -0.321. The van der Waals surface area contributed by atoms with E-state index in [-0.39, 0.29) is 30.7 Å². The van der Waals surface area contributed by atoms with Gasteiger partial charge in [0.2, 0.25) is 0 Å². The van der Waals surface area contributed by atoms with Crippen LogP contribution >= 0.6 is 0 Å². The Morgan fingerprint density at radius 1 is 1.75 bits per heavy atom. The van der Waals surface area contributed by atoms with Crippen LogP contribution in [0.4, 0.5) is 0 Å². The number of rotatable bonds is 4. The smallest absolute Gasteiger partial charge is 0.302 e. The Balaban J connectivity index is 2.44. The summed E-state index contributed by atoms with van der Waals surface area (Å²) in [7, 11) is 0. The maximum atomic E-state index is 10.5. The monoisotopic (exact) mass is 221 g/mol. The molecule has 86 valence electrons. The first kappa shape index (κ1) is 12.5. The average Bonchev–Trinajstić information content (AvgIpc) is 2.66. The highest BCUT2D eigenvalue weighted by Gasteiger charge is 2.31. The Bertz CT molecular complexity index is 330. The number of carbonyl (C=O) groups excluding carboxylic acids is 1. The molecule has 0 N–H and O–H groups in total. The maximum absolute atomic E-state index is 10.5. The number of hydrogen-bond acceptors (Lipinski definition) is 4. The number of esters is 1. The lowest BCUT2D eigenvalue weighted by Gasteiger charge is -2.07. The van der Waals surface area contributed by atoms with Crippen molar-refractivity contribution in [2.45, 2.75) is 25.6 Å². The molecule has 3 atom stereocenters. The number of carbonyl (C=O) groups is 1. The van der Waals surface area contributed by atoms with Crippen LogP contribution in [0.25, 0.3) is 0 Å². The van der Waals surface area contributed by atoms with Crippen LogP contribution in [-0.4, -0.2) is 24.8 Å². The highest BCUT2D eigenvalue weighted by Crippen LogP contribution is 2.27. The summed E-state index contributed by atoms with van der Waals surface area (Å²) in [4.78, 5) is 10.5. The van der Waals surface area contributed by atoms with Crippen molar-refractivity contribution in [1.82, 2.24) is 0 Å². The van der Waals surface area contributed by atoms with Crippen LogP contribution in [0.2, 0.25) is 0 Å². The van der Waals surface area contributed by atoms with E-state index in [1.165, 1.54) is 6.92 Å². The van der Waals surface area contributed by atoms with E-state index in [9.17, 15) is 4.79 Å². The van der Waals surface area contributed by atoms with E-state index in [1.807, 2.05) is 0 Å². The van der Waals surface area contributed by atoms with Gasteiger partial charge in [-0.3, -0.25) is 4.79 Å². The molecule has 0 spiro atoms. The Hall–Kier alpha value is -1.60. The second kappa shape index (κ2) is 6.09. The molecule has 1 heterocycles. The van der Waals surface area contributed by atoms with E-state index in [0.717, 1.165) is 0 Å². The summed E-state index contributed by atoms with van der Waals surface area (Å²) in [5.74, 6) is -0.477. The third-order valence-corrected chi connectivity index (χ3v) is 2.35. The molecule has 1 aliphatic heterocycles. The van der Waals surface area contributed by atoms with Crippen LogP contribution < -0.4 is 0 Å². The van der Waals surface area contributed by atoms with Gasteiger partial charge in [0, 0.05) is 6.92 Å². The van der Waals surface area contributed by atoms with Gasteiger partial charge in [-0.15, -0.1) is 6.58 Å². The molecule has 0 aromatic heterocycles. The lowest BCUT2D eigenvalue weighted by atomic mass is 10.0. The first-order valence-electron chi connectivity index (χ1n) is 5.15. The van der Waals surface area contributed by atoms with Crippen molar-refractivity contribution < 1.29 is 14.3 Å². The lowest BCUT2D eigenvalue weighted by Crippen LogP contribution is -2.12. The molecule has 0 aliphatic carbocycles. The molecule has 1 fully saturated rings. The molecule has 4 heteroatoms. The zero-order valence-electron chi connectivity index (χ0n) is 9.26. The average molecular weight is 221 g/mol. The van der Waals surface area contributed by atoms with E-state index in [4.69, 9.17) is 14.7 Å². The van der Waals surface area contributed by atoms with Gasteiger partial charge in [0.15, 0.2) is 0 Å². The number of nitriles is 1. The number of hydrogen-bond donors (Lipinski definition) is 0. The molecule has 0 unspecified atom stereocenters. The number of nitrogens with zero attached hydrogens (tertiary/aromatic N) is 1. The van der Waals surface area contributed by atoms with Crippen molar-refractivity contribution in [3.63, 3.8) is 0 Å². The highest BCUT2D eigenvalue weighted by molar-refractivity contribution is 5.65. The summed E-state index contributed by atoms with van der Waals surface area (Å²) >= 11 is 0. The Kier molecular flexibility index (Phi) is 4.74. The SMILES string of the molecule is C=C[C@@H]1C[C@H](C#N)[C@H](/C=C\COC(C)=O)O1. The molecule has 4 nitrogen and oxygen atoms in total. The Morgan fingerprint density at radius 2 is 2.50 bits per heavy atom. The second-order valence-corrected chi connectivity index (χ2v) is 3.58. The summed E-state index contributed by atoms with van der Waals surface area (Å²) in [5.41, 5.74) is 0. The fraction of sp³-hybridized carbons (Fsp3) is 0.500. The molecule has 0 aromatic rings. The minimum Gasteiger partial charge on any atom is -0.462 e. The third kappa shape index (κ3) is 3.52. The summed E-state index contributed by atoms with van der Waals surface area (Å²) < 4.78 is 10.3. The quantitative estimate of drug-likeness (QED) is 0.534. The van der Waals surface area contributed by atoms with Crippen LogP contribution in [0.3, 0.4) is 0 Å². The summed E-state index contributed by atoms with van der Waals surface area (Å²) in [5, 5.41) is 8.91. The van der Waals surface area contributed by atoms with E-state index in [2.05, 4.69) is 12.6 Å². The van der Waals surface area contributed by atoms with Crippen molar-refractivity contribution in [2.75, 3.05) is 6.61 Å². The maximum Gasteiger partial charge on any atom is 0.302 e. The standard InChI is InChI=1S/C12H15NO3/c1-3-11-7-10(8-13)12(16-11)5-4-6-15-9(2)14/h3-5,10-12H,1,6-7H2,2H3/b5-4-/t10-,11-,12+/m1/s1. The van der Waals surface area contributed by atoms with E-state index >= 15 is 0 Å². The normalized spacial score (nSPS) is 28.9. The van der Waals surface area contributed by atoms with Crippen LogP contribution in [0.15, 0.2) is 24.8 Å². The van der Waals surface area contributed by atoms with Crippen molar-refractivity contribution in [1.29, 1.82) is 5.26 Å². The van der Waals surface area contributed by atoms with Crippen molar-refractivity contribution in [3.05, 3.63) is 24.8 Å². The summed E-state index contributed by atoms with van der Waals surface area (Å²) in [6.45, 7) is 5.20. The summed E-state index contributed by atoms with van der Waals surface area (Å²) in [6, 6.07) is 2.20. The van der Waals surface area contributed by atoms with Crippen LogP contribution in [-0.2, 0) is 14.3 Å². The number of ether oxygens (including phenoxy) is 2. The molecule has 0 radical (unpaired) electrons. The molecule has 0 amide bonds. The zero-order chi connectivity index (χ0) is 12.0. The van der Waals surface area contributed by atoms with Gasteiger partial charge in [-0.2, -0.15) is 5.26 Å². The minimum absolute atomic E-state index is 0.0620. The van der Waals surface area contributed by atoms with Crippen LogP contribution in [0.5, 0.6) is 0 Å². The molecule has 0 saturated carbocycles. The molecule has 1 rings (SSSR count). The molecule has 0 bridgehead atoms. The van der Waals surface area contributed by atoms with Crippen molar-refractivity contribution in [2.24, 2.45) is 5.92 Å². The Morgan fingerprint density at radius 3 is 3.06 bits per heavy atom. The first-order valence-corrected chi connectivity index (χ1v) is 5.15. The first-order chi connectivity index (χ1) is 7.67. The van der Waals surface area contributed by atoms with E-state index in [0.29, 0.717) is 6.42 Å². The van der Waals surface area contributed by atoms with Gasteiger partial charge in [0.1, 0.15) is 6.61 Å². The molecular formula is C12H15NO3. The molecular weight excluding hydrogens is 206 g/mol. The van der Waals surface area contributed by atoms with Crippen LogP contribution in [0, 0.1) is 17.2 Å². The largest absolute Gasteiger partial charge is 0.462 e. The van der Waals surface area contributed by atoms with Crippen molar-refractivity contribution in [3.8, 4) is 6.07 Å². The van der Waals surface area contributed by atoms with Crippen molar-refractivity contribution >= 4 is 5.97 Å². The highest BCUT2D eigenvalue weighted by atomic mass is 16.5. The van der Waals surface area contributed by atoms with Gasteiger partial charge < -0.3 is 9.47 Å². The predicted molar refractivity (Wildman–Crippen MR) is 58.4 cm³/mol. The molecule has 1 saturated heterocycles. The Labute approximate surface area is 95.1 Å². The second-order valence-electron chi connectivity index (χ2n) is 3.58. The van der Waals surface area contributed by atoms with Crippen LogP contribution in [0.1, 0.15) is 13.3 Å².